The Bertz CT molecular complexity index is 690. The van der Waals surface area contributed by atoms with Gasteiger partial charge in [0, 0.05) is 10.2 Å². The molecule has 1 N–H and O–H groups in total. The van der Waals surface area contributed by atoms with Crippen molar-refractivity contribution in [3.8, 4) is 0 Å². The molecule has 0 spiro atoms. The molecule has 0 unspecified atom stereocenters. The summed E-state index contributed by atoms with van der Waals surface area (Å²) in [6.45, 7) is 4.03. The average Bonchev–Trinajstić information content (AvgIpc) is 2.60. The molecule has 2 rings (SSSR count). The zero-order chi connectivity index (χ0) is 17.4. The third kappa shape index (κ3) is 5.20. The van der Waals surface area contributed by atoms with Crippen LogP contribution in [0, 0.1) is 0 Å². The van der Waals surface area contributed by atoms with E-state index in [-0.39, 0.29) is 12.5 Å². The van der Waals surface area contributed by atoms with Crippen LogP contribution in [0.15, 0.2) is 52.1 Å². The topological polar surface area (TPSA) is 50.7 Å². The lowest BCUT2D eigenvalue weighted by Crippen LogP contribution is -2.19. The van der Waals surface area contributed by atoms with Crippen LogP contribution >= 0.6 is 15.9 Å². The number of aryl methyl sites for hydroxylation is 2. The Hall–Kier alpha value is -2.14. The van der Waals surface area contributed by atoms with Crippen LogP contribution in [0.3, 0.4) is 0 Å². The molecule has 1 amide bonds. The molecule has 2 aromatic carbocycles. The standard InChI is InChI=1S/C19H21BrN2O2/c1-3-15-6-5-7-16(4-2)19(15)22-18(23)13-24-21-12-14-8-10-17(20)11-9-14/h5-12H,3-4,13H2,1-2H3,(H,22,23)/b21-12-. The van der Waals surface area contributed by atoms with Gasteiger partial charge in [-0.2, -0.15) is 0 Å². The summed E-state index contributed by atoms with van der Waals surface area (Å²) in [7, 11) is 0. The minimum atomic E-state index is -0.210. The van der Waals surface area contributed by atoms with Gasteiger partial charge >= 0.3 is 0 Å². The second kappa shape index (κ2) is 9.23. The summed E-state index contributed by atoms with van der Waals surface area (Å²) in [5, 5.41) is 6.78. The highest BCUT2D eigenvalue weighted by atomic mass is 79.9. The van der Waals surface area contributed by atoms with Gasteiger partial charge in [-0.15, -0.1) is 0 Å². The molecular formula is C19H21BrN2O2. The van der Waals surface area contributed by atoms with E-state index in [0.29, 0.717) is 0 Å². The van der Waals surface area contributed by atoms with Gasteiger partial charge in [0.15, 0.2) is 6.61 Å². The molecule has 0 fully saturated rings. The second-order valence-corrected chi connectivity index (χ2v) is 6.18. The zero-order valence-electron chi connectivity index (χ0n) is 13.9. The van der Waals surface area contributed by atoms with Gasteiger partial charge < -0.3 is 10.2 Å². The van der Waals surface area contributed by atoms with Crippen molar-refractivity contribution in [2.45, 2.75) is 26.7 Å². The van der Waals surface area contributed by atoms with Crippen LogP contribution in [0.4, 0.5) is 5.69 Å². The number of amides is 1. The first-order chi connectivity index (χ1) is 11.6. The first kappa shape index (κ1) is 18.2. The van der Waals surface area contributed by atoms with Crippen LogP contribution in [0.1, 0.15) is 30.5 Å². The summed E-state index contributed by atoms with van der Waals surface area (Å²) in [5.74, 6) is -0.210. The van der Waals surface area contributed by atoms with Gasteiger partial charge in [-0.1, -0.05) is 65.3 Å². The fourth-order valence-corrected chi connectivity index (χ4v) is 2.59. The Balaban J connectivity index is 1.91. The van der Waals surface area contributed by atoms with Crippen LogP contribution in [-0.2, 0) is 22.5 Å². The lowest BCUT2D eigenvalue weighted by molar-refractivity contribution is -0.120. The second-order valence-electron chi connectivity index (χ2n) is 5.27. The molecule has 0 bridgehead atoms. The van der Waals surface area contributed by atoms with Crippen LogP contribution in [0.25, 0.3) is 0 Å². The van der Waals surface area contributed by atoms with Crippen molar-refractivity contribution in [1.29, 1.82) is 0 Å². The molecule has 2 aromatic rings. The van der Waals surface area contributed by atoms with Gasteiger partial charge in [-0.3, -0.25) is 4.79 Å². The van der Waals surface area contributed by atoms with Crippen molar-refractivity contribution < 1.29 is 9.63 Å². The molecule has 0 aliphatic rings. The summed E-state index contributed by atoms with van der Waals surface area (Å²) in [5.41, 5.74) is 4.05. The highest BCUT2D eigenvalue weighted by molar-refractivity contribution is 9.10. The predicted octanol–water partition coefficient (Wildman–Crippen LogP) is 4.56. The van der Waals surface area contributed by atoms with Gasteiger partial charge in [0.2, 0.25) is 0 Å². The van der Waals surface area contributed by atoms with Crippen molar-refractivity contribution in [2.24, 2.45) is 5.16 Å². The first-order valence-electron chi connectivity index (χ1n) is 7.95. The molecule has 24 heavy (non-hydrogen) atoms. The SMILES string of the molecule is CCc1cccc(CC)c1NC(=O)CO/N=C\c1ccc(Br)cc1. The van der Waals surface area contributed by atoms with Gasteiger partial charge in [0.25, 0.3) is 5.91 Å². The number of oxime groups is 1. The molecular weight excluding hydrogens is 368 g/mol. The van der Waals surface area contributed by atoms with Gasteiger partial charge in [0.1, 0.15) is 0 Å². The van der Waals surface area contributed by atoms with Crippen LogP contribution in [0.5, 0.6) is 0 Å². The maximum absolute atomic E-state index is 12.1. The van der Waals surface area contributed by atoms with E-state index in [0.717, 1.165) is 39.7 Å². The predicted molar refractivity (Wildman–Crippen MR) is 102 cm³/mol. The molecule has 0 saturated heterocycles. The lowest BCUT2D eigenvalue weighted by atomic mass is 10.0. The highest BCUT2D eigenvalue weighted by Gasteiger charge is 2.10. The smallest absolute Gasteiger partial charge is 0.265 e. The largest absolute Gasteiger partial charge is 0.386 e. The molecule has 0 saturated carbocycles. The Morgan fingerprint density at radius 2 is 1.75 bits per heavy atom. The third-order valence-corrected chi connectivity index (χ3v) is 4.13. The number of rotatable bonds is 7. The molecule has 5 heteroatoms. The Kier molecular flexibility index (Phi) is 7.00. The van der Waals surface area contributed by atoms with E-state index in [2.05, 4.69) is 40.2 Å². The molecule has 0 radical (unpaired) electrons. The molecule has 0 heterocycles. The van der Waals surface area contributed by atoms with Gasteiger partial charge in [0.05, 0.1) is 6.21 Å². The fourth-order valence-electron chi connectivity index (χ4n) is 2.32. The number of benzene rings is 2. The van der Waals surface area contributed by atoms with E-state index in [4.69, 9.17) is 4.84 Å². The van der Waals surface area contributed by atoms with E-state index < -0.39 is 0 Å². The summed E-state index contributed by atoms with van der Waals surface area (Å²) >= 11 is 3.37. The van der Waals surface area contributed by atoms with E-state index in [9.17, 15) is 4.79 Å². The molecule has 4 nitrogen and oxygen atoms in total. The Labute approximate surface area is 151 Å². The van der Waals surface area contributed by atoms with E-state index >= 15 is 0 Å². The number of anilines is 1. The Morgan fingerprint density at radius 3 is 2.33 bits per heavy atom. The number of nitrogens with one attached hydrogen (secondary N) is 1. The van der Waals surface area contributed by atoms with Crippen molar-refractivity contribution in [2.75, 3.05) is 11.9 Å². The van der Waals surface area contributed by atoms with E-state index in [1.807, 2.05) is 42.5 Å². The summed E-state index contributed by atoms with van der Waals surface area (Å²) in [6, 6.07) is 13.7. The van der Waals surface area contributed by atoms with E-state index in [1.165, 1.54) is 0 Å². The van der Waals surface area contributed by atoms with Crippen LogP contribution < -0.4 is 5.32 Å². The number of nitrogens with zero attached hydrogens (tertiary/aromatic N) is 1. The number of carbonyl (C=O) groups is 1. The monoisotopic (exact) mass is 388 g/mol. The number of hydrogen-bond donors (Lipinski definition) is 1. The lowest BCUT2D eigenvalue weighted by Gasteiger charge is -2.13. The minimum absolute atomic E-state index is 0.117. The van der Waals surface area contributed by atoms with Crippen molar-refractivity contribution in [1.82, 2.24) is 0 Å². The normalized spacial score (nSPS) is 10.8. The number of halogens is 1. The van der Waals surface area contributed by atoms with Crippen LogP contribution in [-0.4, -0.2) is 18.7 Å². The Morgan fingerprint density at radius 1 is 1.12 bits per heavy atom. The van der Waals surface area contributed by atoms with Gasteiger partial charge in [-0.25, -0.2) is 0 Å². The number of para-hydroxylation sites is 1. The molecule has 0 aliphatic carbocycles. The fraction of sp³-hybridized carbons (Fsp3) is 0.263. The quantitative estimate of drug-likeness (QED) is 0.558. The van der Waals surface area contributed by atoms with Gasteiger partial charge in [-0.05, 0) is 41.7 Å². The molecule has 0 aliphatic heterocycles. The average molecular weight is 389 g/mol. The van der Waals surface area contributed by atoms with Crippen molar-refractivity contribution >= 4 is 33.7 Å². The summed E-state index contributed by atoms with van der Waals surface area (Å²) < 4.78 is 1.00. The minimum Gasteiger partial charge on any atom is -0.386 e. The molecule has 126 valence electrons. The third-order valence-electron chi connectivity index (χ3n) is 3.61. The maximum atomic E-state index is 12.1. The number of carbonyl (C=O) groups excluding carboxylic acids is 1. The van der Waals surface area contributed by atoms with Crippen LogP contribution in [0.2, 0.25) is 0 Å². The summed E-state index contributed by atoms with van der Waals surface area (Å²) in [4.78, 5) is 17.2. The van der Waals surface area contributed by atoms with Crippen molar-refractivity contribution in [3.63, 3.8) is 0 Å². The first-order valence-corrected chi connectivity index (χ1v) is 8.74. The summed E-state index contributed by atoms with van der Waals surface area (Å²) in [6.07, 6.45) is 3.31. The molecule has 0 atom stereocenters. The maximum Gasteiger partial charge on any atom is 0.265 e. The zero-order valence-corrected chi connectivity index (χ0v) is 15.5. The highest BCUT2D eigenvalue weighted by Crippen LogP contribution is 2.22. The van der Waals surface area contributed by atoms with E-state index in [1.54, 1.807) is 6.21 Å². The number of hydrogen-bond acceptors (Lipinski definition) is 3. The molecule has 0 aromatic heterocycles. The van der Waals surface area contributed by atoms with Crippen molar-refractivity contribution in [3.05, 3.63) is 63.6 Å².